The van der Waals surface area contributed by atoms with Crippen molar-refractivity contribution in [2.75, 3.05) is 13.1 Å². The Morgan fingerprint density at radius 2 is 2.14 bits per heavy atom. The molecule has 3 rings (SSSR count). The Balaban J connectivity index is 1.79. The highest BCUT2D eigenvalue weighted by Crippen LogP contribution is 2.39. The van der Waals surface area contributed by atoms with E-state index in [1.165, 1.54) is 0 Å². The molecule has 1 aromatic carbocycles. The van der Waals surface area contributed by atoms with Crippen LogP contribution >= 0.6 is 23.2 Å². The van der Waals surface area contributed by atoms with E-state index in [2.05, 4.69) is 11.0 Å². The van der Waals surface area contributed by atoms with Crippen molar-refractivity contribution in [2.45, 2.75) is 57.0 Å². The number of piperidine rings is 1. The summed E-state index contributed by atoms with van der Waals surface area (Å²) < 4.78 is 0. The summed E-state index contributed by atoms with van der Waals surface area (Å²) >= 11 is 12.3. The van der Waals surface area contributed by atoms with Crippen molar-refractivity contribution >= 4 is 29.2 Å². The van der Waals surface area contributed by atoms with Gasteiger partial charge in [-0.05, 0) is 49.9 Å². The monoisotopic (exact) mass is 440 g/mol. The quantitative estimate of drug-likeness (QED) is 0.381. The van der Waals surface area contributed by atoms with Gasteiger partial charge in [-0.1, -0.05) is 47.8 Å². The van der Waals surface area contributed by atoms with E-state index >= 15 is 0 Å². The van der Waals surface area contributed by atoms with Gasteiger partial charge in [0.25, 0.3) is 0 Å². The lowest BCUT2D eigenvalue weighted by atomic mass is 9.80. The van der Waals surface area contributed by atoms with Crippen molar-refractivity contribution in [3.05, 3.63) is 55.6 Å². The van der Waals surface area contributed by atoms with Crippen LogP contribution in [0.2, 0.25) is 10.0 Å². The van der Waals surface area contributed by atoms with E-state index in [1.807, 2.05) is 6.92 Å². The highest BCUT2D eigenvalue weighted by atomic mass is 35.5. The number of aliphatic carboxylic acids is 1. The van der Waals surface area contributed by atoms with Crippen molar-refractivity contribution in [3.63, 3.8) is 0 Å². The lowest BCUT2D eigenvalue weighted by Crippen LogP contribution is -2.48. The Morgan fingerprint density at radius 1 is 1.38 bits per heavy atom. The number of hydrogen-bond acceptors (Lipinski definition) is 4. The maximum Gasteiger partial charge on any atom is 0.308 e. The first kappa shape index (κ1) is 22.1. The van der Waals surface area contributed by atoms with Crippen LogP contribution in [0.4, 0.5) is 0 Å². The van der Waals surface area contributed by atoms with Crippen molar-refractivity contribution in [3.8, 4) is 0 Å². The third-order valence-electron chi connectivity index (χ3n) is 6.26. The van der Waals surface area contributed by atoms with Gasteiger partial charge in [0.15, 0.2) is 0 Å². The number of benzene rings is 1. The van der Waals surface area contributed by atoms with Gasteiger partial charge in [-0.15, -0.1) is 0 Å². The molecular weight excluding hydrogens is 415 g/mol. The number of halogens is 2. The summed E-state index contributed by atoms with van der Waals surface area (Å²) in [7, 11) is 0. The number of carboxylic acid groups (broad SMARTS) is 1. The molecule has 1 heterocycles. The first-order valence-electron chi connectivity index (χ1n) is 10.0. The minimum absolute atomic E-state index is 0.0281. The van der Waals surface area contributed by atoms with Gasteiger partial charge in [-0.2, -0.15) is 0 Å². The van der Waals surface area contributed by atoms with E-state index in [0.29, 0.717) is 35.9 Å². The molecule has 1 saturated heterocycles. The van der Waals surface area contributed by atoms with Crippen LogP contribution in [0.1, 0.15) is 50.5 Å². The van der Waals surface area contributed by atoms with Crippen LogP contribution in [0.15, 0.2) is 29.8 Å². The number of likely N-dealkylation sites (tertiary alicyclic amines) is 1. The number of carboxylic acids is 1. The Morgan fingerprint density at radius 3 is 2.76 bits per heavy atom. The summed E-state index contributed by atoms with van der Waals surface area (Å²) in [6.45, 7) is 3.43. The summed E-state index contributed by atoms with van der Waals surface area (Å²) in [6, 6.07) is 4.33. The maximum absolute atomic E-state index is 11.8. The molecule has 0 amide bonds. The molecule has 1 fully saturated rings. The fraction of sp³-hybridized carbons (Fsp3) is 0.571. The second-order valence-corrected chi connectivity index (χ2v) is 8.80. The summed E-state index contributed by atoms with van der Waals surface area (Å²) in [5.74, 6) is -1.42. The molecule has 6 nitrogen and oxygen atoms in total. The van der Waals surface area contributed by atoms with Crippen molar-refractivity contribution in [1.29, 1.82) is 0 Å². The zero-order valence-electron chi connectivity index (χ0n) is 16.4. The van der Waals surface area contributed by atoms with Crippen molar-refractivity contribution in [2.24, 2.45) is 5.92 Å². The van der Waals surface area contributed by atoms with E-state index in [9.17, 15) is 20.0 Å². The molecule has 1 N–H and O–H groups in total. The average molecular weight is 441 g/mol. The van der Waals surface area contributed by atoms with Gasteiger partial charge >= 0.3 is 5.97 Å². The van der Waals surface area contributed by atoms with Crippen LogP contribution in [0.3, 0.4) is 0 Å². The molecule has 1 aromatic rings. The van der Waals surface area contributed by atoms with E-state index in [0.717, 1.165) is 30.5 Å². The van der Waals surface area contributed by atoms with Gasteiger partial charge in [0.05, 0.1) is 11.8 Å². The number of allylic oxidation sites excluding steroid dienone is 1. The number of nitrogens with zero attached hydrogens (tertiary/aromatic N) is 2. The number of carbonyl (C=O) groups is 1. The molecule has 0 bridgehead atoms. The molecule has 0 saturated carbocycles. The minimum atomic E-state index is -0.756. The lowest BCUT2D eigenvalue weighted by Gasteiger charge is -2.40. The van der Waals surface area contributed by atoms with Gasteiger partial charge in [-0.25, -0.2) is 0 Å². The number of nitro groups is 1. The smallest absolute Gasteiger partial charge is 0.308 e. The summed E-state index contributed by atoms with van der Waals surface area (Å²) in [5, 5.41) is 22.3. The Hall–Kier alpha value is -1.63. The second kappa shape index (κ2) is 9.45. The molecule has 0 aromatic heterocycles. The fourth-order valence-corrected chi connectivity index (χ4v) is 5.40. The van der Waals surface area contributed by atoms with Gasteiger partial charge < -0.3 is 5.11 Å². The van der Waals surface area contributed by atoms with Gasteiger partial charge in [0.2, 0.25) is 6.04 Å². The molecule has 2 aliphatic rings. The minimum Gasteiger partial charge on any atom is -0.481 e. The zero-order valence-corrected chi connectivity index (χ0v) is 17.9. The molecule has 4 atom stereocenters. The fourth-order valence-electron chi connectivity index (χ4n) is 4.85. The predicted octanol–water partition coefficient (Wildman–Crippen LogP) is 5.02. The van der Waals surface area contributed by atoms with Crippen LogP contribution in [0, 0.1) is 16.0 Å². The van der Waals surface area contributed by atoms with Crippen LogP contribution in [-0.2, 0) is 4.79 Å². The van der Waals surface area contributed by atoms with Gasteiger partial charge in [0.1, 0.15) is 0 Å². The molecule has 29 heavy (non-hydrogen) atoms. The molecule has 3 unspecified atom stereocenters. The zero-order chi connectivity index (χ0) is 21.1. The molecule has 0 spiro atoms. The molecule has 158 valence electrons. The Bertz CT molecular complexity index is 814. The summed E-state index contributed by atoms with van der Waals surface area (Å²) in [5.41, 5.74) is 1.76. The van der Waals surface area contributed by atoms with E-state index in [4.69, 9.17) is 23.2 Å². The highest BCUT2D eigenvalue weighted by Gasteiger charge is 2.39. The number of hydrogen-bond donors (Lipinski definition) is 1. The molecule has 0 radical (unpaired) electrons. The van der Waals surface area contributed by atoms with Crippen LogP contribution in [-0.4, -0.2) is 46.1 Å². The van der Waals surface area contributed by atoms with E-state index in [-0.39, 0.29) is 22.8 Å². The SMILES string of the molecule is CCC1[C@@H](C(=O)O)CCCN1CC1=CCC(c2ccc(Cl)cc2Cl)C([N+](=O)[O-])C1. The molecule has 8 heteroatoms. The van der Waals surface area contributed by atoms with Gasteiger partial charge in [-0.3, -0.25) is 19.8 Å². The summed E-state index contributed by atoms with van der Waals surface area (Å²) in [4.78, 5) is 25.4. The first-order valence-corrected chi connectivity index (χ1v) is 10.8. The topological polar surface area (TPSA) is 83.7 Å². The molecular formula is C21H26Cl2N2O4. The van der Waals surface area contributed by atoms with Crippen LogP contribution in [0.5, 0.6) is 0 Å². The third-order valence-corrected chi connectivity index (χ3v) is 6.83. The maximum atomic E-state index is 11.8. The third kappa shape index (κ3) is 4.93. The number of rotatable bonds is 6. The molecule has 1 aliphatic carbocycles. The molecule has 1 aliphatic heterocycles. The lowest BCUT2D eigenvalue weighted by molar-refractivity contribution is -0.527. The van der Waals surface area contributed by atoms with Crippen LogP contribution in [0.25, 0.3) is 0 Å². The van der Waals surface area contributed by atoms with E-state index < -0.39 is 12.0 Å². The predicted molar refractivity (Wildman–Crippen MR) is 113 cm³/mol. The van der Waals surface area contributed by atoms with E-state index in [1.54, 1.807) is 18.2 Å². The second-order valence-electron chi connectivity index (χ2n) is 7.96. The largest absolute Gasteiger partial charge is 0.481 e. The average Bonchev–Trinajstić information content (AvgIpc) is 2.68. The summed E-state index contributed by atoms with van der Waals surface area (Å²) in [6.07, 6.45) is 5.25. The highest BCUT2D eigenvalue weighted by molar-refractivity contribution is 6.35. The first-order chi connectivity index (χ1) is 13.8. The Kier molecular flexibility index (Phi) is 7.19. The van der Waals surface area contributed by atoms with Gasteiger partial charge in [0, 0.05) is 34.0 Å². The van der Waals surface area contributed by atoms with Crippen molar-refractivity contribution < 1.29 is 14.8 Å². The van der Waals surface area contributed by atoms with Crippen molar-refractivity contribution in [1.82, 2.24) is 4.90 Å². The van der Waals surface area contributed by atoms with Crippen LogP contribution < -0.4 is 0 Å². The Labute approximate surface area is 180 Å². The normalized spacial score (nSPS) is 28.0. The standard InChI is InChI=1S/C21H26Cl2N2O4/c1-2-19-17(21(26)27)4-3-9-24(19)12-13-5-7-16(20(10-13)25(28)29)15-8-6-14(22)11-18(15)23/h5-6,8,11,16-17,19-20H,2-4,7,9-10,12H2,1H3,(H,26,27)/t16?,17-,19?,20?/m0/s1.